The molecule has 0 aromatic heterocycles. The molecule has 5 aromatic carbocycles. The lowest BCUT2D eigenvalue weighted by Gasteiger charge is -2.35. The Bertz CT molecular complexity index is 2080. The molecule has 4 heteroatoms. The summed E-state index contributed by atoms with van der Waals surface area (Å²) in [5.74, 6) is 0. The third-order valence-electron chi connectivity index (χ3n) is 14.5. The highest BCUT2D eigenvalue weighted by molar-refractivity contribution is 6.62. The molecule has 5 aromatic rings. The van der Waals surface area contributed by atoms with Crippen molar-refractivity contribution >= 4 is 29.6 Å². The third kappa shape index (κ3) is 6.77. The number of anilines is 3. The molecule has 58 heavy (non-hydrogen) atoms. The topological polar surface area (TPSA) is 21.7 Å². The van der Waals surface area contributed by atoms with Crippen LogP contribution in [-0.2, 0) is 20.1 Å². The maximum absolute atomic E-state index is 6.52. The maximum Gasteiger partial charge on any atom is 0.494 e. The summed E-state index contributed by atoms with van der Waals surface area (Å²) >= 11 is 0. The van der Waals surface area contributed by atoms with Crippen LogP contribution in [0.2, 0.25) is 0 Å². The van der Waals surface area contributed by atoms with Gasteiger partial charge in [-0.05, 0) is 140 Å². The first-order valence-electron chi connectivity index (χ1n) is 22.8. The number of nitrogens with zero attached hydrogens (tertiary/aromatic N) is 1. The smallest absolute Gasteiger partial charge is 0.399 e. The number of benzene rings is 5. The molecule has 8 rings (SSSR count). The molecule has 3 aliphatic rings. The van der Waals surface area contributed by atoms with Crippen LogP contribution in [0.1, 0.15) is 155 Å². The Morgan fingerprint density at radius 2 is 0.793 bits per heavy atom. The zero-order valence-electron chi connectivity index (χ0n) is 36.7. The summed E-state index contributed by atoms with van der Waals surface area (Å²) in [5.41, 5.74) is 15.6. The summed E-state index contributed by atoms with van der Waals surface area (Å²) in [6.45, 7) is 17.9. The Hall–Kier alpha value is -4.12. The molecule has 302 valence electrons. The molecule has 0 saturated carbocycles. The van der Waals surface area contributed by atoms with E-state index in [0.29, 0.717) is 0 Å². The second-order valence-electron chi connectivity index (χ2n) is 18.6. The lowest BCUT2D eigenvalue weighted by Crippen LogP contribution is -2.41. The molecule has 0 spiro atoms. The molecule has 1 aliphatic heterocycles. The summed E-state index contributed by atoms with van der Waals surface area (Å²) in [6.07, 6.45) is 14.4. The van der Waals surface area contributed by atoms with Gasteiger partial charge >= 0.3 is 7.12 Å². The highest BCUT2D eigenvalue weighted by Gasteiger charge is 2.52. The van der Waals surface area contributed by atoms with Crippen LogP contribution >= 0.6 is 0 Å². The number of fused-ring (bicyclic) bond motifs is 6. The van der Waals surface area contributed by atoms with Gasteiger partial charge in [0.05, 0.1) is 11.2 Å². The van der Waals surface area contributed by atoms with E-state index >= 15 is 0 Å². The van der Waals surface area contributed by atoms with Crippen LogP contribution in [-0.4, -0.2) is 18.3 Å². The van der Waals surface area contributed by atoms with Crippen molar-refractivity contribution in [1.29, 1.82) is 0 Å². The minimum Gasteiger partial charge on any atom is -0.399 e. The van der Waals surface area contributed by atoms with E-state index < -0.39 is 18.3 Å². The van der Waals surface area contributed by atoms with E-state index in [1.54, 1.807) is 0 Å². The van der Waals surface area contributed by atoms with Crippen LogP contribution in [0, 0.1) is 0 Å². The number of rotatable bonds is 16. The SMILES string of the molecule is CCCCC1(CCCC)c2ccccc2-c2ccc(N(c3ccc(B4OC(C)(C)C(C)(C)O4)cc3)c3ccc4c(c3)C(CCCC)(CCCC)c3ccccc3-4)cc21. The lowest BCUT2D eigenvalue weighted by molar-refractivity contribution is 0.00578. The van der Waals surface area contributed by atoms with Gasteiger partial charge in [0, 0.05) is 27.9 Å². The number of unbranched alkanes of at least 4 members (excludes halogenated alkanes) is 4. The molecule has 0 radical (unpaired) electrons. The summed E-state index contributed by atoms with van der Waals surface area (Å²) in [5, 5.41) is 0. The predicted octanol–water partition coefficient (Wildman–Crippen LogP) is 14.7. The summed E-state index contributed by atoms with van der Waals surface area (Å²) in [6, 6.07) is 42.4. The van der Waals surface area contributed by atoms with Crippen LogP contribution < -0.4 is 10.4 Å². The highest BCUT2D eigenvalue weighted by atomic mass is 16.7. The van der Waals surface area contributed by atoms with E-state index in [2.05, 4.69) is 169 Å². The average molecular weight is 772 g/mol. The zero-order chi connectivity index (χ0) is 40.7. The maximum atomic E-state index is 6.52. The van der Waals surface area contributed by atoms with Gasteiger partial charge in [0.25, 0.3) is 0 Å². The van der Waals surface area contributed by atoms with E-state index in [4.69, 9.17) is 9.31 Å². The molecule has 0 N–H and O–H groups in total. The van der Waals surface area contributed by atoms with Crippen molar-refractivity contribution in [2.45, 2.75) is 154 Å². The van der Waals surface area contributed by atoms with Crippen molar-refractivity contribution in [3.05, 3.63) is 131 Å². The van der Waals surface area contributed by atoms with Crippen LogP contribution in [0.15, 0.2) is 109 Å². The van der Waals surface area contributed by atoms with Crippen molar-refractivity contribution in [2.24, 2.45) is 0 Å². The summed E-state index contributed by atoms with van der Waals surface area (Å²) in [4.78, 5) is 2.54. The Kier molecular flexibility index (Phi) is 11.3. The molecule has 1 heterocycles. The van der Waals surface area contributed by atoms with Crippen molar-refractivity contribution in [1.82, 2.24) is 0 Å². The van der Waals surface area contributed by atoms with Gasteiger partial charge in [-0.25, -0.2) is 0 Å². The first-order chi connectivity index (χ1) is 28.0. The molecule has 2 aliphatic carbocycles. The normalized spacial score (nSPS) is 17.5. The second kappa shape index (κ2) is 16.2. The number of hydrogen-bond donors (Lipinski definition) is 0. The molecule has 0 amide bonds. The third-order valence-corrected chi connectivity index (χ3v) is 14.5. The van der Waals surface area contributed by atoms with Gasteiger partial charge in [-0.2, -0.15) is 0 Å². The Morgan fingerprint density at radius 1 is 0.431 bits per heavy atom. The average Bonchev–Trinajstić information content (AvgIpc) is 3.76. The van der Waals surface area contributed by atoms with E-state index in [1.807, 2.05) is 0 Å². The summed E-state index contributed by atoms with van der Waals surface area (Å²) < 4.78 is 13.0. The Labute approximate surface area is 350 Å². The van der Waals surface area contributed by atoms with Gasteiger partial charge < -0.3 is 14.2 Å². The van der Waals surface area contributed by atoms with E-state index in [-0.39, 0.29) is 10.8 Å². The first-order valence-corrected chi connectivity index (χ1v) is 22.8. The van der Waals surface area contributed by atoms with Crippen molar-refractivity contribution in [2.75, 3.05) is 4.90 Å². The fraction of sp³-hybridized carbons (Fsp3) is 0.444. The van der Waals surface area contributed by atoms with Gasteiger partial charge in [-0.1, -0.05) is 152 Å². The van der Waals surface area contributed by atoms with Crippen LogP contribution in [0.25, 0.3) is 22.3 Å². The first kappa shape index (κ1) is 40.7. The second-order valence-corrected chi connectivity index (χ2v) is 18.6. The summed E-state index contributed by atoms with van der Waals surface area (Å²) in [7, 11) is -0.403. The fourth-order valence-electron chi connectivity index (χ4n) is 10.6. The minimum atomic E-state index is -0.403. The van der Waals surface area contributed by atoms with Gasteiger partial charge in [0.2, 0.25) is 0 Å². The molecular formula is C54H66BNO2. The Morgan fingerprint density at radius 3 is 1.19 bits per heavy atom. The van der Waals surface area contributed by atoms with Crippen LogP contribution in [0.3, 0.4) is 0 Å². The molecule has 0 atom stereocenters. The van der Waals surface area contributed by atoms with E-state index in [1.165, 1.54) is 133 Å². The van der Waals surface area contributed by atoms with Gasteiger partial charge in [-0.3, -0.25) is 0 Å². The van der Waals surface area contributed by atoms with E-state index in [0.717, 1.165) is 11.2 Å². The predicted molar refractivity (Wildman–Crippen MR) is 247 cm³/mol. The Balaban J connectivity index is 1.31. The van der Waals surface area contributed by atoms with Gasteiger partial charge in [-0.15, -0.1) is 0 Å². The quantitative estimate of drug-likeness (QED) is 0.0933. The van der Waals surface area contributed by atoms with Crippen LogP contribution in [0.4, 0.5) is 17.1 Å². The monoisotopic (exact) mass is 772 g/mol. The molecule has 3 nitrogen and oxygen atoms in total. The minimum absolute atomic E-state index is 0.00921. The largest absolute Gasteiger partial charge is 0.494 e. The standard InChI is InChI=1S/C54H66BNO2/c1-9-13-33-53(34-14-10-2)47-23-19-17-21-43(47)45-31-29-41(37-49(45)53)56(40-27-25-39(26-28-40)55-57-51(5,6)52(7,8)58-55)42-30-32-46-44-22-18-20-24-48(44)54(35-15-11-3,36-16-12-4)50(46)38-42/h17-32,37-38H,9-16,33-36H2,1-8H3. The van der Waals surface area contributed by atoms with Gasteiger partial charge in [0.15, 0.2) is 0 Å². The lowest BCUT2D eigenvalue weighted by atomic mass is 9.70. The molecule has 0 bridgehead atoms. The van der Waals surface area contributed by atoms with Gasteiger partial charge in [0.1, 0.15) is 0 Å². The molecule has 0 unspecified atom stereocenters. The van der Waals surface area contributed by atoms with Crippen molar-refractivity contribution in [3.8, 4) is 22.3 Å². The van der Waals surface area contributed by atoms with Crippen molar-refractivity contribution < 1.29 is 9.31 Å². The fourth-order valence-corrected chi connectivity index (χ4v) is 10.6. The molecule has 1 saturated heterocycles. The zero-order valence-corrected chi connectivity index (χ0v) is 36.7. The number of hydrogen-bond acceptors (Lipinski definition) is 3. The van der Waals surface area contributed by atoms with E-state index in [9.17, 15) is 0 Å². The highest BCUT2D eigenvalue weighted by Crippen LogP contribution is 2.57. The molecule has 1 fully saturated rings. The van der Waals surface area contributed by atoms with Crippen LogP contribution in [0.5, 0.6) is 0 Å². The van der Waals surface area contributed by atoms with Crippen molar-refractivity contribution in [3.63, 3.8) is 0 Å². The molecular weight excluding hydrogens is 705 g/mol.